The summed E-state index contributed by atoms with van der Waals surface area (Å²) in [6.45, 7) is -0.320. The number of aromatic amines is 1. The molecule has 25 heavy (non-hydrogen) atoms. The predicted octanol–water partition coefficient (Wildman–Crippen LogP) is 3.34. The highest BCUT2D eigenvalue weighted by molar-refractivity contribution is 6.02. The van der Waals surface area contributed by atoms with Gasteiger partial charge in [-0.3, -0.25) is 10.1 Å². The summed E-state index contributed by atoms with van der Waals surface area (Å²) in [6, 6.07) is 7.38. The first kappa shape index (κ1) is 16.7. The topological polar surface area (TPSA) is 77.1 Å². The van der Waals surface area contributed by atoms with E-state index in [1.54, 1.807) is 12.1 Å². The van der Waals surface area contributed by atoms with Gasteiger partial charge < -0.3 is 9.47 Å². The van der Waals surface area contributed by atoms with E-state index in [1.165, 1.54) is 25.3 Å². The van der Waals surface area contributed by atoms with Gasteiger partial charge in [-0.05, 0) is 24.3 Å². The zero-order chi connectivity index (χ0) is 18.0. The minimum Gasteiger partial charge on any atom is -0.489 e. The quantitative estimate of drug-likeness (QED) is 0.730. The summed E-state index contributed by atoms with van der Waals surface area (Å²) in [5.74, 6) is -0.342. The smallest absolute Gasteiger partial charge is 0.433 e. The molecule has 0 saturated heterocycles. The average Bonchev–Trinajstić information content (AvgIpc) is 3.02. The van der Waals surface area contributed by atoms with Gasteiger partial charge in [-0.1, -0.05) is 6.07 Å². The van der Waals surface area contributed by atoms with Crippen molar-refractivity contribution in [3.8, 4) is 5.75 Å². The van der Waals surface area contributed by atoms with Crippen LogP contribution >= 0.6 is 0 Å². The van der Waals surface area contributed by atoms with E-state index in [4.69, 9.17) is 4.74 Å². The van der Waals surface area contributed by atoms with E-state index in [1.807, 2.05) is 0 Å². The van der Waals surface area contributed by atoms with Crippen molar-refractivity contribution in [1.29, 1.82) is 0 Å². The average molecular weight is 351 g/mol. The summed E-state index contributed by atoms with van der Waals surface area (Å²) in [7, 11) is 1.23. The van der Waals surface area contributed by atoms with Crippen molar-refractivity contribution in [3.63, 3.8) is 0 Å². The second-order valence-electron chi connectivity index (χ2n) is 5.07. The number of aromatic nitrogens is 3. The molecule has 130 valence electrons. The standard InChI is InChI=1S/C16H12F3N3O3/c1-24-15(23)13-11-7-10(4-5-12(11)21-22-13)25-8-9-3-2-6-20-14(9)16(17,18)19/h2-7H,8H2,1H3,(H,21,22). The second kappa shape index (κ2) is 6.42. The number of methoxy groups -OCH3 is 1. The van der Waals surface area contributed by atoms with Gasteiger partial charge in [0.2, 0.25) is 0 Å². The van der Waals surface area contributed by atoms with E-state index in [-0.39, 0.29) is 23.6 Å². The fourth-order valence-corrected chi connectivity index (χ4v) is 2.31. The zero-order valence-corrected chi connectivity index (χ0v) is 12.9. The number of halogens is 3. The number of carbonyl (C=O) groups is 1. The monoisotopic (exact) mass is 351 g/mol. The Bertz CT molecular complexity index is 922. The fourth-order valence-electron chi connectivity index (χ4n) is 2.31. The van der Waals surface area contributed by atoms with E-state index in [0.29, 0.717) is 10.9 Å². The van der Waals surface area contributed by atoms with Gasteiger partial charge in [0.15, 0.2) is 11.4 Å². The van der Waals surface area contributed by atoms with E-state index in [9.17, 15) is 18.0 Å². The minimum atomic E-state index is -4.56. The fraction of sp³-hybridized carbons (Fsp3) is 0.188. The number of rotatable bonds is 4. The molecule has 2 aromatic heterocycles. The van der Waals surface area contributed by atoms with Crippen LogP contribution < -0.4 is 4.74 Å². The third-order valence-electron chi connectivity index (χ3n) is 3.47. The lowest BCUT2D eigenvalue weighted by Crippen LogP contribution is -2.13. The number of H-pyrrole nitrogens is 1. The number of hydrogen-bond donors (Lipinski definition) is 1. The van der Waals surface area contributed by atoms with Crippen molar-refractivity contribution in [3.05, 3.63) is 53.5 Å². The number of hydrogen-bond acceptors (Lipinski definition) is 5. The molecule has 1 aromatic carbocycles. The maximum absolute atomic E-state index is 12.9. The molecule has 0 spiro atoms. The van der Waals surface area contributed by atoms with Crippen molar-refractivity contribution in [2.45, 2.75) is 12.8 Å². The first-order chi connectivity index (χ1) is 11.9. The van der Waals surface area contributed by atoms with Crippen LogP contribution in [0.1, 0.15) is 21.7 Å². The number of alkyl halides is 3. The molecular weight excluding hydrogens is 339 g/mol. The van der Waals surface area contributed by atoms with Crippen LogP contribution in [0.15, 0.2) is 36.5 Å². The van der Waals surface area contributed by atoms with Crippen LogP contribution in [0.5, 0.6) is 5.75 Å². The van der Waals surface area contributed by atoms with E-state index in [0.717, 1.165) is 6.20 Å². The lowest BCUT2D eigenvalue weighted by atomic mass is 10.2. The van der Waals surface area contributed by atoms with Gasteiger partial charge in [-0.15, -0.1) is 0 Å². The first-order valence-corrected chi connectivity index (χ1v) is 7.10. The number of esters is 1. The number of fused-ring (bicyclic) bond motifs is 1. The minimum absolute atomic E-state index is 0.0697. The molecule has 0 fully saturated rings. The molecule has 0 aliphatic carbocycles. The lowest BCUT2D eigenvalue weighted by Gasteiger charge is -2.12. The number of pyridine rings is 1. The SMILES string of the molecule is COC(=O)c1n[nH]c2ccc(OCc3cccnc3C(F)(F)F)cc12. The van der Waals surface area contributed by atoms with Crippen LogP contribution in [-0.4, -0.2) is 28.3 Å². The Kier molecular flexibility index (Phi) is 4.30. The Balaban J connectivity index is 1.86. The van der Waals surface area contributed by atoms with Gasteiger partial charge in [0, 0.05) is 17.1 Å². The molecule has 0 radical (unpaired) electrons. The Morgan fingerprint density at radius 2 is 2.08 bits per heavy atom. The summed E-state index contributed by atoms with van der Waals surface area (Å²) in [4.78, 5) is 15.0. The molecule has 3 aromatic rings. The molecule has 0 amide bonds. The molecule has 3 rings (SSSR count). The summed E-state index contributed by atoms with van der Waals surface area (Å²) in [5.41, 5.74) is -0.435. The highest BCUT2D eigenvalue weighted by Gasteiger charge is 2.35. The lowest BCUT2D eigenvalue weighted by molar-refractivity contribution is -0.142. The first-order valence-electron chi connectivity index (χ1n) is 7.10. The number of nitrogens with zero attached hydrogens (tertiary/aromatic N) is 2. The number of nitrogens with one attached hydrogen (secondary N) is 1. The van der Waals surface area contributed by atoms with Gasteiger partial charge in [0.1, 0.15) is 12.4 Å². The number of ether oxygens (including phenoxy) is 2. The number of benzene rings is 1. The second-order valence-corrected chi connectivity index (χ2v) is 5.07. The maximum Gasteiger partial charge on any atom is 0.433 e. The van der Waals surface area contributed by atoms with Gasteiger partial charge in [0.25, 0.3) is 0 Å². The van der Waals surface area contributed by atoms with Crippen molar-refractivity contribution >= 4 is 16.9 Å². The molecule has 0 unspecified atom stereocenters. The molecule has 0 aliphatic rings. The van der Waals surface area contributed by atoms with E-state index in [2.05, 4.69) is 19.9 Å². The Morgan fingerprint density at radius 3 is 2.80 bits per heavy atom. The van der Waals surface area contributed by atoms with E-state index < -0.39 is 17.8 Å². The normalized spacial score (nSPS) is 11.5. The molecular formula is C16H12F3N3O3. The maximum atomic E-state index is 12.9. The van der Waals surface area contributed by atoms with Crippen LogP contribution in [0.4, 0.5) is 13.2 Å². The van der Waals surface area contributed by atoms with Crippen LogP contribution in [0, 0.1) is 0 Å². The van der Waals surface area contributed by atoms with Crippen LogP contribution in [-0.2, 0) is 17.5 Å². The van der Waals surface area contributed by atoms with Crippen LogP contribution in [0.2, 0.25) is 0 Å². The predicted molar refractivity (Wildman–Crippen MR) is 81.0 cm³/mol. The zero-order valence-electron chi connectivity index (χ0n) is 12.9. The molecule has 1 N–H and O–H groups in total. The Labute approximate surface area is 139 Å². The number of carbonyl (C=O) groups excluding carboxylic acids is 1. The van der Waals surface area contributed by atoms with Crippen molar-refractivity contribution < 1.29 is 27.4 Å². The molecule has 0 saturated carbocycles. The molecule has 0 bridgehead atoms. The molecule has 0 aliphatic heterocycles. The molecule has 6 nitrogen and oxygen atoms in total. The van der Waals surface area contributed by atoms with Gasteiger partial charge >= 0.3 is 12.1 Å². The summed E-state index contributed by atoms with van der Waals surface area (Å²) in [6.07, 6.45) is -3.49. The van der Waals surface area contributed by atoms with Crippen LogP contribution in [0.3, 0.4) is 0 Å². The summed E-state index contributed by atoms with van der Waals surface area (Å²) in [5, 5.41) is 6.98. The summed E-state index contributed by atoms with van der Waals surface area (Å²) >= 11 is 0. The molecule has 9 heteroatoms. The highest BCUT2D eigenvalue weighted by atomic mass is 19.4. The Morgan fingerprint density at radius 1 is 1.28 bits per heavy atom. The van der Waals surface area contributed by atoms with Gasteiger partial charge in [-0.25, -0.2) is 4.79 Å². The third-order valence-corrected chi connectivity index (χ3v) is 3.47. The van der Waals surface area contributed by atoms with Crippen LogP contribution in [0.25, 0.3) is 10.9 Å². The van der Waals surface area contributed by atoms with E-state index >= 15 is 0 Å². The highest BCUT2D eigenvalue weighted by Crippen LogP contribution is 2.31. The van der Waals surface area contributed by atoms with Crippen molar-refractivity contribution in [1.82, 2.24) is 15.2 Å². The van der Waals surface area contributed by atoms with Gasteiger partial charge in [0.05, 0.1) is 12.6 Å². The third kappa shape index (κ3) is 3.39. The Hall–Kier alpha value is -3.10. The molecule has 0 atom stereocenters. The van der Waals surface area contributed by atoms with Crippen molar-refractivity contribution in [2.24, 2.45) is 0 Å². The molecule has 2 heterocycles. The largest absolute Gasteiger partial charge is 0.489 e. The van der Waals surface area contributed by atoms with Crippen molar-refractivity contribution in [2.75, 3.05) is 7.11 Å². The van der Waals surface area contributed by atoms with Gasteiger partial charge in [-0.2, -0.15) is 18.3 Å². The summed E-state index contributed by atoms with van der Waals surface area (Å²) < 4.78 is 48.9.